The van der Waals surface area contributed by atoms with E-state index in [4.69, 9.17) is 0 Å². The number of aryl methyl sites for hydroxylation is 1. The highest BCUT2D eigenvalue weighted by atomic mass is 32.2. The highest BCUT2D eigenvalue weighted by Gasteiger charge is 2.44. The third kappa shape index (κ3) is 5.52. The average Bonchev–Trinajstić information content (AvgIpc) is 3.53. The van der Waals surface area contributed by atoms with E-state index < -0.39 is 9.84 Å². The molecule has 5 rings (SSSR count). The molecule has 3 saturated heterocycles. The molecular weight excluding hydrogens is 510 g/mol. The predicted octanol–water partition coefficient (Wildman–Crippen LogP) is 3.80. The summed E-state index contributed by atoms with van der Waals surface area (Å²) in [6, 6.07) is 2.22. The van der Waals surface area contributed by atoms with E-state index >= 15 is 0 Å². The number of rotatable bonds is 5. The Balaban J connectivity index is 1.46. The molecule has 2 amide bonds. The van der Waals surface area contributed by atoms with Gasteiger partial charge in [0.05, 0.1) is 16.4 Å². The van der Waals surface area contributed by atoms with Crippen LogP contribution in [0, 0.1) is 6.92 Å². The molecule has 0 aliphatic carbocycles. The van der Waals surface area contributed by atoms with E-state index in [1.54, 1.807) is 6.20 Å². The zero-order valence-corrected chi connectivity index (χ0v) is 23.5. The van der Waals surface area contributed by atoms with E-state index in [-0.39, 0.29) is 52.0 Å². The Morgan fingerprint density at radius 3 is 2.24 bits per heavy atom. The van der Waals surface area contributed by atoms with Gasteiger partial charge in [0.2, 0.25) is 0 Å². The highest BCUT2D eigenvalue weighted by Crippen LogP contribution is 2.41. The number of carbonyl (C=O) groups is 2. The van der Waals surface area contributed by atoms with Crippen molar-refractivity contribution >= 4 is 38.8 Å². The van der Waals surface area contributed by atoms with Crippen molar-refractivity contribution in [2.75, 3.05) is 16.8 Å². The molecule has 0 aromatic carbocycles. The fourth-order valence-electron chi connectivity index (χ4n) is 5.64. The Hall–Kier alpha value is -2.53. The molecule has 9 nitrogen and oxygen atoms in total. The number of thiazole rings is 1. The molecule has 0 spiro atoms. The van der Waals surface area contributed by atoms with Gasteiger partial charge in [-0.3, -0.25) is 9.59 Å². The molecule has 0 saturated carbocycles. The standard InChI is InChI=1S/C26H35N5O4S2/c1-15-13-20(30-26(2,3)4)27-14-19(15)22-21(25(33)31-17-5-6-18(31)8-7-17)29-24(36-22)23(32)28-16-9-11-37(34,35)12-10-16/h13-14,16-18H,5-12H2,1-4H3,(H,27,30)(H,28,32). The summed E-state index contributed by atoms with van der Waals surface area (Å²) in [7, 11) is -3.03. The van der Waals surface area contributed by atoms with Gasteiger partial charge in [0, 0.05) is 35.4 Å². The van der Waals surface area contributed by atoms with Crippen molar-refractivity contribution in [2.45, 2.75) is 89.9 Å². The second-order valence-corrected chi connectivity index (χ2v) is 14.8. The van der Waals surface area contributed by atoms with Crippen molar-refractivity contribution in [2.24, 2.45) is 0 Å². The number of nitrogens with one attached hydrogen (secondary N) is 2. The molecule has 0 unspecified atom stereocenters. The fourth-order valence-corrected chi connectivity index (χ4v) is 8.17. The van der Waals surface area contributed by atoms with Crippen LogP contribution in [-0.2, 0) is 9.84 Å². The number of amides is 2. The van der Waals surface area contributed by atoms with Gasteiger partial charge in [0.1, 0.15) is 21.3 Å². The van der Waals surface area contributed by atoms with E-state index in [0.29, 0.717) is 23.4 Å². The number of hydrogen-bond acceptors (Lipinski definition) is 8. The van der Waals surface area contributed by atoms with Crippen molar-refractivity contribution in [3.63, 3.8) is 0 Å². The second-order valence-electron chi connectivity index (χ2n) is 11.5. The number of carbonyl (C=O) groups excluding carboxylic acids is 2. The van der Waals surface area contributed by atoms with Crippen molar-refractivity contribution in [1.82, 2.24) is 20.2 Å². The molecule has 0 atom stereocenters. The van der Waals surface area contributed by atoms with E-state index in [1.165, 1.54) is 11.3 Å². The van der Waals surface area contributed by atoms with Crippen LogP contribution in [-0.4, -0.2) is 70.3 Å². The van der Waals surface area contributed by atoms with Crippen LogP contribution in [0.15, 0.2) is 12.3 Å². The lowest BCUT2D eigenvalue weighted by Gasteiger charge is -2.22. The molecular formula is C26H35N5O4S2. The first kappa shape index (κ1) is 26.1. The Morgan fingerprint density at radius 2 is 1.68 bits per heavy atom. The van der Waals surface area contributed by atoms with E-state index in [2.05, 4.69) is 41.4 Å². The maximum absolute atomic E-state index is 13.8. The van der Waals surface area contributed by atoms with Gasteiger partial charge in [0.15, 0.2) is 5.01 Å². The first-order valence-corrected chi connectivity index (χ1v) is 15.6. The van der Waals surface area contributed by atoms with Crippen LogP contribution in [0.25, 0.3) is 10.4 Å². The van der Waals surface area contributed by atoms with Gasteiger partial charge in [-0.15, -0.1) is 11.3 Å². The number of nitrogens with zero attached hydrogens (tertiary/aromatic N) is 3. The molecule has 5 heterocycles. The van der Waals surface area contributed by atoms with Gasteiger partial charge in [-0.25, -0.2) is 18.4 Å². The SMILES string of the molecule is Cc1cc(NC(C)(C)C)ncc1-c1sc(C(=O)NC2CCS(=O)(=O)CC2)nc1C(=O)N1C2CCC1CC2. The molecule has 200 valence electrons. The Labute approximate surface area is 222 Å². The van der Waals surface area contributed by atoms with E-state index in [1.807, 2.05) is 17.9 Å². The Morgan fingerprint density at radius 1 is 1.05 bits per heavy atom. The molecule has 3 aliphatic heterocycles. The van der Waals surface area contributed by atoms with E-state index in [0.717, 1.165) is 42.6 Å². The summed E-state index contributed by atoms with van der Waals surface area (Å²) in [5.41, 5.74) is 1.88. The number of hydrogen-bond donors (Lipinski definition) is 2. The minimum atomic E-state index is -3.03. The molecule has 3 aliphatic rings. The Kier molecular flexibility index (Phi) is 6.81. The van der Waals surface area contributed by atoms with Crippen LogP contribution in [0.2, 0.25) is 0 Å². The van der Waals surface area contributed by atoms with Crippen molar-refractivity contribution in [3.8, 4) is 10.4 Å². The van der Waals surface area contributed by atoms with Gasteiger partial charge in [-0.2, -0.15) is 0 Å². The lowest BCUT2D eigenvalue weighted by Crippen LogP contribution is -2.41. The minimum Gasteiger partial charge on any atom is -0.365 e. The zero-order valence-electron chi connectivity index (χ0n) is 21.8. The molecule has 2 aromatic heterocycles. The summed E-state index contributed by atoms with van der Waals surface area (Å²) in [5, 5.41) is 6.54. The van der Waals surface area contributed by atoms with Gasteiger partial charge in [0.25, 0.3) is 11.8 Å². The van der Waals surface area contributed by atoms with Crippen LogP contribution in [0.4, 0.5) is 5.82 Å². The summed E-state index contributed by atoms with van der Waals surface area (Å²) < 4.78 is 23.5. The van der Waals surface area contributed by atoms with Crippen LogP contribution >= 0.6 is 11.3 Å². The van der Waals surface area contributed by atoms with Crippen molar-refractivity contribution < 1.29 is 18.0 Å². The summed E-state index contributed by atoms with van der Waals surface area (Å²) >= 11 is 1.20. The number of sulfone groups is 1. The van der Waals surface area contributed by atoms with Crippen LogP contribution in [0.5, 0.6) is 0 Å². The minimum absolute atomic E-state index is 0.0718. The topological polar surface area (TPSA) is 121 Å². The van der Waals surface area contributed by atoms with Crippen LogP contribution < -0.4 is 10.6 Å². The molecule has 2 N–H and O–H groups in total. The fraction of sp³-hybridized carbons (Fsp3) is 0.615. The van der Waals surface area contributed by atoms with E-state index in [9.17, 15) is 18.0 Å². The Bertz CT molecular complexity index is 1300. The number of anilines is 1. The highest BCUT2D eigenvalue weighted by molar-refractivity contribution is 7.91. The largest absolute Gasteiger partial charge is 0.365 e. The molecule has 2 bridgehead atoms. The number of pyridine rings is 1. The van der Waals surface area contributed by atoms with Crippen molar-refractivity contribution in [3.05, 3.63) is 28.5 Å². The number of fused-ring (bicyclic) bond motifs is 2. The third-order valence-corrected chi connectivity index (χ3v) is 10.3. The first-order chi connectivity index (χ1) is 17.4. The average molecular weight is 546 g/mol. The summed E-state index contributed by atoms with van der Waals surface area (Å²) in [6.45, 7) is 8.17. The van der Waals surface area contributed by atoms with Crippen molar-refractivity contribution in [1.29, 1.82) is 0 Å². The molecule has 37 heavy (non-hydrogen) atoms. The molecule has 11 heteroatoms. The summed E-state index contributed by atoms with van der Waals surface area (Å²) in [5.74, 6) is 0.407. The van der Waals surface area contributed by atoms with Gasteiger partial charge < -0.3 is 15.5 Å². The second kappa shape index (κ2) is 9.65. The quantitative estimate of drug-likeness (QED) is 0.586. The number of aromatic nitrogens is 2. The monoisotopic (exact) mass is 545 g/mol. The zero-order chi connectivity index (χ0) is 26.5. The predicted molar refractivity (Wildman–Crippen MR) is 145 cm³/mol. The maximum atomic E-state index is 13.8. The van der Waals surface area contributed by atoms with Gasteiger partial charge >= 0.3 is 0 Å². The summed E-state index contributed by atoms with van der Waals surface area (Å²) in [6.07, 6.45) is 6.59. The molecule has 3 fully saturated rings. The van der Waals surface area contributed by atoms with Crippen LogP contribution in [0.1, 0.15) is 85.2 Å². The lowest BCUT2D eigenvalue weighted by atomic mass is 10.0. The third-order valence-electron chi connectivity index (χ3n) is 7.46. The maximum Gasteiger partial charge on any atom is 0.280 e. The lowest BCUT2D eigenvalue weighted by molar-refractivity contribution is 0.0725. The molecule has 2 aromatic rings. The summed E-state index contributed by atoms with van der Waals surface area (Å²) in [4.78, 5) is 38.8. The van der Waals surface area contributed by atoms with Gasteiger partial charge in [-0.1, -0.05) is 0 Å². The molecule has 0 radical (unpaired) electrons. The smallest absolute Gasteiger partial charge is 0.280 e. The first-order valence-electron chi connectivity index (χ1n) is 13.0. The van der Waals surface area contributed by atoms with Gasteiger partial charge in [-0.05, 0) is 77.8 Å². The normalized spacial score (nSPS) is 23.3. The van der Waals surface area contributed by atoms with Crippen LogP contribution in [0.3, 0.4) is 0 Å².